The average molecular weight is 380 g/mol. The van der Waals surface area contributed by atoms with Crippen LogP contribution in [0.15, 0.2) is 40.6 Å². The molecule has 0 radical (unpaired) electrons. The predicted octanol–water partition coefficient (Wildman–Crippen LogP) is 4.04. The van der Waals surface area contributed by atoms with Crippen molar-refractivity contribution in [3.05, 3.63) is 51.7 Å². The third-order valence-corrected chi connectivity index (χ3v) is 7.37. The van der Waals surface area contributed by atoms with Gasteiger partial charge in [0.05, 0.1) is 4.90 Å². The van der Waals surface area contributed by atoms with Crippen LogP contribution in [0.3, 0.4) is 0 Å². The summed E-state index contributed by atoms with van der Waals surface area (Å²) >= 11 is 1.39. The molecule has 0 aliphatic heterocycles. The molecule has 1 aromatic heterocycles. The summed E-state index contributed by atoms with van der Waals surface area (Å²) in [5.41, 5.74) is 1.05. The van der Waals surface area contributed by atoms with Crippen molar-refractivity contribution >= 4 is 27.1 Å². The van der Waals surface area contributed by atoms with Gasteiger partial charge in [0.25, 0.3) is 0 Å². The maximum absolute atomic E-state index is 13.3. The normalized spacial score (nSPS) is 13.5. The predicted molar refractivity (Wildman–Crippen MR) is 103 cm³/mol. The summed E-state index contributed by atoms with van der Waals surface area (Å²) in [5, 5.41) is 3.87. The Bertz CT molecular complexity index is 847. The molecule has 0 aliphatic rings. The summed E-state index contributed by atoms with van der Waals surface area (Å²) in [6, 6.07) is 9.06. The minimum atomic E-state index is -3.62. The zero-order chi connectivity index (χ0) is 18.8. The third kappa shape index (κ3) is 4.50. The number of aryl methyl sites for hydroxylation is 2. The summed E-state index contributed by atoms with van der Waals surface area (Å²) in [5.74, 6) is -0.162. The number of carbonyl (C=O) groups excluding carboxylic acids is 1. The lowest BCUT2D eigenvalue weighted by Gasteiger charge is -2.22. The van der Waals surface area contributed by atoms with Gasteiger partial charge >= 0.3 is 0 Å². The fourth-order valence-corrected chi connectivity index (χ4v) is 5.57. The quantitative estimate of drug-likeness (QED) is 0.853. The molecule has 6 heteroatoms. The molecule has 0 saturated heterocycles. The molecule has 2 aromatic rings. The van der Waals surface area contributed by atoms with E-state index in [1.54, 1.807) is 19.1 Å². The smallest absolute Gasteiger partial charge is 0.225 e. The second-order valence-electron chi connectivity index (χ2n) is 7.28. The Morgan fingerprint density at radius 1 is 1.20 bits per heavy atom. The van der Waals surface area contributed by atoms with Crippen LogP contribution in [0.5, 0.6) is 0 Å². The fourth-order valence-electron chi connectivity index (χ4n) is 2.46. The fraction of sp³-hybridized carbons (Fsp3) is 0.421. The number of sulfone groups is 1. The van der Waals surface area contributed by atoms with E-state index in [1.807, 2.05) is 51.3 Å². The van der Waals surface area contributed by atoms with E-state index in [2.05, 4.69) is 5.32 Å². The minimum Gasteiger partial charge on any atom is -0.354 e. The Labute approximate surface area is 154 Å². The van der Waals surface area contributed by atoms with Crippen LogP contribution in [-0.4, -0.2) is 20.9 Å². The van der Waals surface area contributed by atoms with E-state index >= 15 is 0 Å². The van der Waals surface area contributed by atoms with Gasteiger partial charge < -0.3 is 5.32 Å². The van der Waals surface area contributed by atoms with Crippen molar-refractivity contribution in [1.29, 1.82) is 0 Å². The highest BCUT2D eigenvalue weighted by atomic mass is 32.2. The first-order valence-corrected chi connectivity index (χ1v) is 10.6. The molecule has 0 fully saturated rings. The number of carbonyl (C=O) groups is 1. The van der Waals surface area contributed by atoms with E-state index in [4.69, 9.17) is 0 Å². The van der Waals surface area contributed by atoms with E-state index in [0.29, 0.717) is 10.5 Å². The molecular formula is C19H25NO3S2. The molecule has 1 N–H and O–H groups in total. The molecule has 1 aromatic carbocycles. The van der Waals surface area contributed by atoms with Crippen molar-refractivity contribution in [2.45, 2.75) is 44.8 Å². The summed E-state index contributed by atoms with van der Waals surface area (Å²) in [6.07, 6.45) is 0. The maximum Gasteiger partial charge on any atom is 0.225 e. The Balaban J connectivity index is 2.42. The molecule has 0 bridgehead atoms. The van der Waals surface area contributed by atoms with Gasteiger partial charge in [-0.3, -0.25) is 4.79 Å². The van der Waals surface area contributed by atoms with Crippen molar-refractivity contribution in [3.63, 3.8) is 0 Å². The molecule has 25 heavy (non-hydrogen) atoms. The van der Waals surface area contributed by atoms with E-state index in [0.717, 1.165) is 10.4 Å². The van der Waals surface area contributed by atoms with E-state index in [9.17, 15) is 13.2 Å². The van der Waals surface area contributed by atoms with Crippen LogP contribution >= 0.6 is 11.3 Å². The summed E-state index contributed by atoms with van der Waals surface area (Å²) < 4.78 is 26.6. The molecule has 0 saturated carbocycles. The lowest BCUT2D eigenvalue weighted by Crippen LogP contribution is -2.38. The average Bonchev–Trinajstić information content (AvgIpc) is 3.02. The van der Waals surface area contributed by atoms with E-state index < -0.39 is 20.5 Å². The standard InChI is InChI=1S/C19H25NO3S2/c1-13-8-9-14(2)16(11-13)25(22,23)17(15-7-6-10-24-15)12-20-18(21)19(3,4)5/h6-11,17H,12H2,1-5H3,(H,20,21)/t17-/m1/s1. The van der Waals surface area contributed by atoms with Crippen LogP contribution < -0.4 is 5.32 Å². The van der Waals surface area contributed by atoms with Crippen molar-refractivity contribution in [3.8, 4) is 0 Å². The third-order valence-electron chi connectivity index (χ3n) is 4.01. The first-order chi connectivity index (χ1) is 11.5. The summed E-state index contributed by atoms with van der Waals surface area (Å²) in [6.45, 7) is 9.16. The SMILES string of the molecule is Cc1ccc(C)c(S(=O)(=O)[C@H](CNC(=O)C(C)(C)C)c2cccs2)c1. The van der Waals surface area contributed by atoms with Gasteiger partial charge in [-0.25, -0.2) is 8.42 Å². The summed E-state index contributed by atoms with van der Waals surface area (Å²) in [7, 11) is -3.62. The van der Waals surface area contributed by atoms with Gasteiger partial charge in [0.1, 0.15) is 5.25 Å². The number of amides is 1. The highest BCUT2D eigenvalue weighted by Gasteiger charge is 2.33. The summed E-state index contributed by atoms with van der Waals surface area (Å²) in [4.78, 5) is 13.3. The number of nitrogens with one attached hydrogen (secondary N) is 1. The van der Waals surface area contributed by atoms with Gasteiger partial charge in [-0.15, -0.1) is 11.3 Å². The number of benzene rings is 1. The molecule has 136 valence electrons. The van der Waals surface area contributed by atoms with Crippen molar-refractivity contribution in [1.82, 2.24) is 5.32 Å². The number of rotatable bonds is 5. The molecule has 1 heterocycles. The highest BCUT2D eigenvalue weighted by molar-refractivity contribution is 7.92. The molecule has 1 amide bonds. The van der Waals surface area contributed by atoms with E-state index in [-0.39, 0.29) is 12.5 Å². The largest absolute Gasteiger partial charge is 0.354 e. The Morgan fingerprint density at radius 3 is 2.44 bits per heavy atom. The molecule has 0 unspecified atom stereocenters. The molecule has 0 spiro atoms. The number of thiophene rings is 1. The zero-order valence-electron chi connectivity index (χ0n) is 15.3. The van der Waals surface area contributed by atoms with Gasteiger partial charge in [0.2, 0.25) is 5.91 Å². The number of hydrogen-bond acceptors (Lipinski definition) is 4. The van der Waals surface area contributed by atoms with Crippen molar-refractivity contribution in [2.24, 2.45) is 5.41 Å². The minimum absolute atomic E-state index is 0.0618. The molecular weight excluding hydrogens is 354 g/mol. The maximum atomic E-state index is 13.3. The van der Waals surface area contributed by atoms with Crippen LogP contribution in [0.4, 0.5) is 0 Å². The lowest BCUT2D eigenvalue weighted by atomic mass is 9.96. The zero-order valence-corrected chi connectivity index (χ0v) is 16.9. The lowest BCUT2D eigenvalue weighted by molar-refractivity contribution is -0.128. The molecule has 4 nitrogen and oxygen atoms in total. The van der Waals surface area contributed by atoms with E-state index in [1.165, 1.54) is 11.3 Å². The molecule has 0 aliphatic carbocycles. The second kappa shape index (κ2) is 7.30. The van der Waals surface area contributed by atoms with Gasteiger partial charge in [-0.05, 0) is 42.5 Å². The topological polar surface area (TPSA) is 63.2 Å². The Hall–Kier alpha value is -1.66. The Kier molecular flexibility index (Phi) is 5.74. The molecule has 1 atom stereocenters. The van der Waals surface area contributed by atoms with Gasteiger partial charge in [0.15, 0.2) is 9.84 Å². The molecule has 2 rings (SSSR count). The first-order valence-electron chi connectivity index (χ1n) is 8.16. The van der Waals surface area contributed by atoms with Crippen LogP contribution in [0.2, 0.25) is 0 Å². The highest BCUT2D eigenvalue weighted by Crippen LogP contribution is 2.33. The van der Waals surface area contributed by atoms with Gasteiger partial charge in [-0.2, -0.15) is 0 Å². The first kappa shape index (κ1) is 19.7. The second-order valence-corrected chi connectivity index (χ2v) is 10.4. The van der Waals surface area contributed by atoms with Gasteiger partial charge in [0, 0.05) is 16.8 Å². The van der Waals surface area contributed by atoms with Crippen molar-refractivity contribution in [2.75, 3.05) is 6.54 Å². The van der Waals surface area contributed by atoms with Crippen LogP contribution in [0, 0.1) is 19.3 Å². The van der Waals surface area contributed by atoms with Gasteiger partial charge in [-0.1, -0.05) is 39.0 Å². The van der Waals surface area contributed by atoms with Crippen LogP contribution in [-0.2, 0) is 14.6 Å². The van der Waals surface area contributed by atoms with Crippen molar-refractivity contribution < 1.29 is 13.2 Å². The van der Waals surface area contributed by atoms with Crippen LogP contribution in [0.1, 0.15) is 42.0 Å². The Morgan fingerprint density at radius 2 is 1.88 bits per heavy atom. The monoisotopic (exact) mass is 379 g/mol. The number of hydrogen-bond donors (Lipinski definition) is 1. The van der Waals surface area contributed by atoms with Crippen LogP contribution in [0.25, 0.3) is 0 Å².